The highest BCUT2D eigenvalue weighted by molar-refractivity contribution is 5.76. The van der Waals surface area contributed by atoms with Crippen LogP contribution in [0.1, 0.15) is 5.56 Å². The van der Waals surface area contributed by atoms with Gasteiger partial charge in [-0.15, -0.1) is 0 Å². The molecular weight excluding hydrogens is 208 g/mol. The Morgan fingerprint density at radius 1 is 0.938 bits per heavy atom. The van der Waals surface area contributed by atoms with E-state index in [1.807, 2.05) is 19.1 Å². The van der Waals surface area contributed by atoms with Gasteiger partial charge in [0.05, 0.1) is 0 Å². The van der Waals surface area contributed by atoms with Gasteiger partial charge < -0.3 is 5.73 Å². The SMILES string of the molecule is Cc1ccc(N)c(-c2ccc(F)c(F)c2)c1. The molecule has 2 aromatic carbocycles. The van der Waals surface area contributed by atoms with E-state index in [4.69, 9.17) is 5.73 Å². The van der Waals surface area contributed by atoms with E-state index >= 15 is 0 Å². The summed E-state index contributed by atoms with van der Waals surface area (Å²) in [5.41, 5.74) is 8.67. The predicted octanol–water partition coefficient (Wildman–Crippen LogP) is 3.52. The number of hydrogen-bond donors (Lipinski definition) is 1. The highest BCUT2D eigenvalue weighted by atomic mass is 19.2. The van der Waals surface area contributed by atoms with Crippen molar-refractivity contribution in [1.82, 2.24) is 0 Å². The Bertz CT molecular complexity index is 535. The third-order valence-corrected chi connectivity index (χ3v) is 2.44. The number of hydrogen-bond acceptors (Lipinski definition) is 1. The Morgan fingerprint density at radius 2 is 1.69 bits per heavy atom. The molecule has 2 rings (SSSR count). The molecule has 0 saturated heterocycles. The first-order valence-corrected chi connectivity index (χ1v) is 4.89. The predicted molar refractivity (Wildman–Crippen MR) is 60.9 cm³/mol. The summed E-state index contributed by atoms with van der Waals surface area (Å²) in [6.45, 7) is 1.92. The maximum atomic E-state index is 13.1. The summed E-state index contributed by atoms with van der Waals surface area (Å²) in [5, 5.41) is 0. The Labute approximate surface area is 92.5 Å². The second kappa shape index (κ2) is 3.93. The fourth-order valence-corrected chi connectivity index (χ4v) is 1.58. The standard InChI is InChI=1S/C13H11F2N/c1-8-2-5-13(16)10(6-8)9-3-4-11(14)12(15)7-9/h2-7H,16H2,1H3. The molecule has 0 atom stereocenters. The minimum atomic E-state index is -0.863. The molecule has 0 amide bonds. The second-order valence-electron chi connectivity index (χ2n) is 3.72. The lowest BCUT2D eigenvalue weighted by Gasteiger charge is -2.07. The fourth-order valence-electron chi connectivity index (χ4n) is 1.58. The first-order valence-electron chi connectivity index (χ1n) is 4.89. The molecule has 0 spiro atoms. The van der Waals surface area contributed by atoms with E-state index in [0.29, 0.717) is 11.3 Å². The molecule has 82 valence electrons. The van der Waals surface area contributed by atoms with Crippen molar-refractivity contribution in [2.75, 3.05) is 5.73 Å². The monoisotopic (exact) mass is 219 g/mol. The molecule has 0 aromatic heterocycles. The number of benzene rings is 2. The number of nitrogen functional groups attached to an aromatic ring is 1. The lowest BCUT2D eigenvalue weighted by atomic mass is 10.0. The van der Waals surface area contributed by atoms with Gasteiger partial charge in [0.15, 0.2) is 11.6 Å². The Hall–Kier alpha value is -1.90. The molecular formula is C13H11F2N. The minimum absolute atomic E-state index is 0.552. The van der Waals surface area contributed by atoms with E-state index in [1.54, 1.807) is 6.07 Å². The molecule has 0 heterocycles. The number of anilines is 1. The Kier molecular flexibility index (Phi) is 2.60. The third-order valence-electron chi connectivity index (χ3n) is 2.44. The van der Waals surface area contributed by atoms with Gasteiger partial charge in [-0.25, -0.2) is 8.78 Å². The van der Waals surface area contributed by atoms with Gasteiger partial charge in [-0.2, -0.15) is 0 Å². The van der Waals surface area contributed by atoms with Crippen molar-refractivity contribution in [3.05, 3.63) is 53.6 Å². The first kappa shape index (κ1) is 10.6. The molecule has 1 nitrogen and oxygen atoms in total. The van der Waals surface area contributed by atoms with Gasteiger partial charge >= 0.3 is 0 Å². The molecule has 0 aliphatic carbocycles. The molecule has 0 radical (unpaired) electrons. The third kappa shape index (κ3) is 1.89. The zero-order valence-corrected chi connectivity index (χ0v) is 8.80. The molecule has 0 saturated carbocycles. The van der Waals surface area contributed by atoms with Gasteiger partial charge in [0.1, 0.15) is 0 Å². The number of aryl methyl sites for hydroxylation is 1. The number of halogens is 2. The van der Waals surface area contributed by atoms with E-state index < -0.39 is 11.6 Å². The molecule has 2 N–H and O–H groups in total. The summed E-state index contributed by atoms with van der Waals surface area (Å²) in [4.78, 5) is 0. The lowest BCUT2D eigenvalue weighted by Crippen LogP contribution is -1.92. The molecule has 0 aliphatic rings. The summed E-state index contributed by atoms with van der Waals surface area (Å²) in [6.07, 6.45) is 0. The van der Waals surface area contributed by atoms with Gasteiger partial charge in [-0.1, -0.05) is 17.7 Å². The van der Waals surface area contributed by atoms with Crippen molar-refractivity contribution in [2.24, 2.45) is 0 Å². The summed E-state index contributed by atoms with van der Waals surface area (Å²) in [5.74, 6) is -1.71. The zero-order valence-electron chi connectivity index (χ0n) is 8.80. The molecule has 0 bridgehead atoms. The number of nitrogens with two attached hydrogens (primary N) is 1. The summed E-state index contributed by atoms with van der Waals surface area (Å²) in [6, 6.07) is 9.25. The van der Waals surface area contributed by atoms with Crippen LogP contribution in [0.5, 0.6) is 0 Å². The van der Waals surface area contributed by atoms with E-state index in [0.717, 1.165) is 23.3 Å². The van der Waals surface area contributed by atoms with Crippen molar-refractivity contribution in [3.8, 4) is 11.1 Å². The fraction of sp³-hybridized carbons (Fsp3) is 0.0769. The van der Waals surface area contributed by atoms with Crippen LogP contribution in [0.3, 0.4) is 0 Å². The highest BCUT2D eigenvalue weighted by Crippen LogP contribution is 2.27. The van der Waals surface area contributed by atoms with Crippen LogP contribution in [-0.4, -0.2) is 0 Å². The average Bonchev–Trinajstić information content (AvgIpc) is 2.26. The smallest absolute Gasteiger partial charge is 0.159 e. The van der Waals surface area contributed by atoms with Crippen LogP contribution in [0, 0.1) is 18.6 Å². The number of rotatable bonds is 1. The van der Waals surface area contributed by atoms with Crippen LogP contribution in [0.25, 0.3) is 11.1 Å². The van der Waals surface area contributed by atoms with Crippen molar-refractivity contribution >= 4 is 5.69 Å². The lowest BCUT2D eigenvalue weighted by molar-refractivity contribution is 0.509. The molecule has 2 aromatic rings. The van der Waals surface area contributed by atoms with E-state index in [1.165, 1.54) is 6.07 Å². The van der Waals surface area contributed by atoms with Crippen LogP contribution in [0.2, 0.25) is 0 Å². The van der Waals surface area contributed by atoms with Gasteiger partial charge in [-0.05, 0) is 36.8 Å². The van der Waals surface area contributed by atoms with Crippen molar-refractivity contribution < 1.29 is 8.78 Å². The topological polar surface area (TPSA) is 26.0 Å². The van der Waals surface area contributed by atoms with Gasteiger partial charge in [0.25, 0.3) is 0 Å². The second-order valence-corrected chi connectivity index (χ2v) is 3.72. The molecule has 0 unspecified atom stereocenters. The molecule has 3 heteroatoms. The molecule has 0 aliphatic heterocycles. The zero-order chi connectivity index (χ0) is 11.7. The maximum Gasteiger partial charge on any atom is 0.159 e. The minimum Gasteiger partial charge on any atom is -0.398 e. The largest absolute Gasteiger partial charge is 0.398 e. The molecule has 0 fully saturated rings. The van der Waals surface area contributed by atoms with Crippen molar-refractivity contribution in [2.45, 2.75) is 6.92 Å². The summed E-state index contributed by atoms with van der Waals surface area (Å²) >= 11 is 0. The Morgan fingerprint density at radius 3 is 2.38 bits per heavy atom. The molecule has 16 heavy (non-hydrogen) atoms. The van der Waals surface area contributed by atoms with Crippen LogP contribution >= 0.6 is 0 Å². The van der Waals surface area contributed by atoms with Crippen molar-refractivity contribution in [3.63, 3.8) is 0 Å². The van der Waals surface area contributed by atoms with Crippen molar-refractivity contribution in [1.29, 1.82) is 0 Å². The normalized spacial score (nSPS) is 10.4. The van der Waals surface area contributed by atoms with Gasteiger partial charge in [0, 0.05) is 11.3 Å². The first-order chi connectivity index (χ1) is 7.58. The highest BCUT2D eigenvalue weighted by Gasteiger charge is 2.07. The van der Waals surface area contributed by atoms with E-state index in [2.05, 4.69) is 0 Å². The van der Waals surface area contributed by atoms with E-state index in [9.17, 15) is 8.78 Å². The van der Waals surface area contributed by atoms with E-state index in [-0.39, 0.29) is 0 Å². The van der Waals surface area contributed by atoms with Gasteiger partial charge in [0.2, 0.25) is 0 Å². The average molecular weight is 219 g/mol. The van der Waals surface area contributed by atoms with Crippen LogP contribution < -0.4 is 5.73 Å². The van der Waals surface area contributed by atoms with Crippen LogP contribution in [-0.2, 0) is 0 Å². The quantitative estimate of drug-likeness (QED) is 0.729. The summed E-state index contributed by atoms with van der Waals surface area (Å²) in [7, 11) is 0. The summed E-state index contributed by atoms with van der Waals surface area (Å²) < 4.78 is 25.9. The Balaban J connectivity index is 2.58. The van der Waals surface area contributed by atoms with Crippen LogP contribution in [0.15, 0.2) is 36.4 Å². The van der Waals surface area contributed by atoms with Gasteiger partial charge in [-0.3, -0.25) is 0 Å². The maximum absolute atomic E-state index is 13.1. The van der Waals surface area contributed by atoms with Crippen LogP contribution in [0.4, 0.5) is 14.5 Å².